The second kappa shape index (κ2) is 5.34. The molecule has 6 nitrogen and oxygen atoms in total. The number of nitrogens with one attached hydrogen (secondary N) is 2. The number of benzene rings is 1. The number of aromatic amines is 1. The number of rotatable bonds is 3. The Morgan fingerprint density at radius 2 is 1.95 bits per heavy atom. The first-order valence-corrected chi connectivity index (χ1v) is 8.51. The van der Waals surface area contributed by atoms with Crippen LogP contribution in [0.4, 0.5) is 11.5 Å². The lowest BCUT2D eigenvalue weighted by molar-refractivity contribution is 0.567. The molecular formula is C13H17BrN4O2S. The third kappa shape index (κ3) is 3.56. The first-order chi connectivity index (χ1) is 9.59. The number of nitrogen functional groups attached to an aromatic ring is 1. The molecule has 2 rings (SSSR count). The lowest BCUT2D eigenvalue weighted by atomic mass is 9.92. The maximum Gasteiger partial charge on any atom is 0.264 e. The summed E-state index contributed by atoms with van der Waals surface area (Å²) in [7, 11) is -3.73. The minimum atomic E-state index is -3.73. The summed E-state index contributed by atoms with van der Waals surface area (Å²) in [4.78, 5) is 0.108. The zero-order valence-electron chi connectivity index (χ0n) is 11.9. The quantitative estimate of drug-likeness (QED) is 0.720. The van der Waals surface area contributed by atoms with Gasteiger partial charge >= 0.3 is 0 Å². The van der Waals surface area contributed by atoms with Crippen molar-refractivity contribution in [2.75, 3.05) is 10.5 Å². The number of H-pyrrole nitrogens is 1. The van der Waals surface area contributed by atoms with E-state index in [1.165, 1.54) is 12.1 Å². The van der Waals surface area contributed by atoms with Crippen molar-refractivity contribution in [2.45, 2.75) is 31.1 Å². The molecule has 0 aliphatic heterocycles. The molecule has 1 heterocycles. The molecule has 4 N–H and O–H groups in total. The van der Waals surface area contributed by atoms with Crippen LogP contribution in [-0.4, -0.2) is 18.6 Å². The molecule has 0 atom stereocenters. The predicted molar refractivity (Wildman–Crippen MR) is 86.7 cm³/mol. The van der Waals surface area contributed by atoms with Gasteiger partial charge in [-0.3, -0.25) is 9.82 Å². The lowest BCUT2D eigenvalue weighted by Crippen LogP contribution is -2.14. The minimum absolute atomic E-state index is 0.108. The average Bonchev–Trinajstić information content (AvgIpc) is 2.75. The van der Waals surface area contributed by atoms with Gasteiger partial charge in [-0.05, 0) is 34.1 Å². The van der Waals surface area contributed by atoms with Gasteiger partial charge in [0.25, 0.3) is 10.0 Å². The summed E-state index contributed by atoms with van der Waals surface area (Å²) < 4.78 is 27.6. The molecular weight excluding hydrogens is 356 g/mol. The monoisotopic (exact) mass is 372 g/mol. The smallest absolute Gasteiger partial charge is 0.264 e. The van der Waals surface area contributed by atoms with Crippen LogP contribution in [0.2, 0.25) is 0 Å². The zero-order valence-corrected chi connectivity index (χ0v) is 14.3. The second-order valence-corrected chi connectivity index (χ2v) is 8.22. The first-order valence-electron chi connectivity index (χ1n) is 6.23. The molecule has 0 amide bonds. The van der Waals surface area contributed by atoms with Crippen molar-refractivity contribution in [1.29, 1.82) is 0 Å². The van der Waals surface area contributed by atoms with Crippen LogP contribution in [0.15, 0.2) is 33.6 Å². The Bertz CT molecular complexity index is 763. The van der Waals surface area contributed by atoms with E-state index in [0.717, 1.165) is 5.69 Å². The van der Waals surface area contributed by atoms with Gasteiger partial charge in [0.2, 0.25) is 0 Å². The van der Waals surface area contributed by atoms with E-state index >= 15 is 0 Å². The maximum atomic E-state index is 12.4. The van der Waals surface area contributed by atoms with Crippen LogP contribution in [-0.2, 0) is 15.4 Å². The summed E-state index contributed by atoms with van der Waals surface area (Å²) in [6.45, 7) is 6.03. The Morgan fingerprint density at radius 1 is 1.29 bits per heavy atom. The molecule has 114 valence electrons. The molecule has 0 fully saturated rings. The number of anilines is 2. The normalized spacial score (nSPS) is 12.4. The third-order valence-corrected chi connectivity index (χ3v) is 5.20. The molecule has 0 radical (unpaired) electrons. The van der Waals surface area contributed by atoms with E-state index < -0.39 is 10.0 Å². The van der Waals surface area contributed by atoms with Crippen molar-refractivity contribution in [3.63, 3.8) is 0 Å². The molecule has 2 aromatic rings. The fraction of sp³-hybridized carbons (Fsp3) is 0.308. The number of sulfonamides is 1. The summed E-state index contributed by atoms with van der Waals surface area (Å²) in [6.07, 6.45) is 0. The molecule has 0 unspecified atom stereocenters. The molecule has 0 saturated heterocycles. The van der Waals surface area contributed by atoms with Crippen LogP contribution < -0.4 is 10.5 Å². The van der Waals surface area contributed by atoms with Gasteiger partial charge in [0.15, 0.2) is 5.82 Å². The largest absolute Gasteiger partial charge is 0.399 e. The highest BCUT2D eigenvalue weighted by Crippen LogP contribution is 2.27. The molecule has 0 aliphatic rings. The van der Waals surface area contributed by atoms with Crippen LogP contribution in [0.5, 0.6) is 0 Å². The van der Waals surface area contributed by atoms with Crippen LogP contribution in [0.3, 0.4) is 0 Å². The Kier molecular flexibility index (Phi) is 4.03. The maximum absolute atomic E-state index is 12.4. The van der Waals surface area contributed by atoms with Crippen molar-refractivity contribution in [2.24, 2.45) is 0 Å². The summed E-state index contributed by atoms with van der Waals surface area (Å²) >= 11 is 3.21. The fourth-order valence-corrected chi connectivity index (χ4v) is 3.77. The molecule has 1 aromatic carbocycles. The van der Waals surface area contributed by atoms with E-state index in [9.17, 15) is 8.42 Å². The van der Waals surface area contributed by atoms with Gasteiger partial charge in [0.05, 0.1) is 0 Å². The van der Waals surface area contributed by atoms with Crippen LogP contribution in [0, 0.1) is 0 Å². The standard InChI is InChI=1S/C13H17BrN4O2S/c1-13(2,3)11-7-12(17-16-11)18-21(19,20)10-5-4-8(15)6-9(10)14/h4-7H,15H2,1-3H3,(H2,16,17,18). The number of hydrogen-bond acceptors (Lipinski definition) is 4. The summed E-state index contributed by atoms with van der Waals surface area (Å²) in [5, 5.41) is 6.82. The van der Waals surface area contributed by atoms with E-state index in [4.69, 9.17) is 5.73 Å². The molecule has 8 heteroatoms. The highest BCUT2D eigenvalue weighted by atomic mass is 79.9. The topological polar surface area (TPSA) is 101 Å². The summed E-state index contributed by atoms with van der Waals surface area (Å²) in [6, 6.07) is 6.20. The van der Waals surface area contributed by atoms with Gasteiger partial charge in [0, 0.05) is 27.3 Å². The van der Waals surface area contributed by atoms with Crippen LogP contribution in [0.25, 0.3) is 0 Å². The van der Waals surface area contributed by atoms with Gasteiger partial charge in [-0.15, -0.1) is 0 Å². The predicted octanol–water partition coefficient (Wildman–Crippen LogP) is 2.85. The second-order valence-electron chi connectivity index (χ2n) is 5.71. The van der Waals surface area contributed by atoms with Crippen molar-refractivity contribution in [1.82, 2.24) is 10.2 Å². The average molecular weight is 373 g/mol. The Labute approximate surface area is 132 Å². The van der Waals surface area contributed by atoms with Gasteiger partial charge in [0.1, 0.15) is 4.90 Å². The SMILES string of the molecule is CC(C)(C)c1cc(NS(=O)(=O)c2ccc(N)cc2Br)n[nH]1. The molecule has 1 aromatic heterocycles. The Hall–Kier alpha value is -1.54. The Morgan fingerprint density at radius 3 is 2.48 bits per heavy atom. The van der Waals surface area contributed by atoms with Gasteiger partial charge < -0.3 is 5.73 Å². The van der Waals surface area contributed by atoms with E-state index in [0.29, 0.717) is 10.2 Å². The number of nitrogens with zero attached hydrogens (tertiary/aromatic N) is 1. The van der Waals surface area contributed by atoms with E-state index in [1.54, 1.807) is 12.1 Å². The van der Waals surface area contributed by atoms with E-state index in [1.807, 2.05) is 20.8 Å². The van der Waals surface area contributed by atoms with Gasteiger partial charge in [-0.1, -0.05) is 20.8 Å². The first kappa shape index (κ1) is 15.8. The molecule has 0 aliphatic carbocycles. The molecule has 0 saturated carbocycles. The van der Waals surface area contributed by atoms with Crippen molar-refractivity contribution in [3.05, 3.63) is 34.4 Å². The van der Waals surface area contributed by atoms with Gasteiger partial charge in [-0.2, -0.15) is 5.10 Å². The number of aromatic nitrogens is 2. The minimum Gasteiger partial charge on any atom is -0.399 e. The summed E-state index contributed by atoms with van der Waals surface area (Å²) in [5.41, 5.74) is 6.80. The number of nitrogens with two attached hydrogens (primary N) is 1. The zero-order chi connectivity index (χ0) is 15.8. The van der Waals surface area contributed by atoms with E-state index in [-0.39, 0.29) is 16.1 Å². The van der Waals surface area contributed by atoms with Crippen molar-refractivity contribution in [3.8, 4) is 0 Å². The highest BCUT2D eigenvalue weighted by Gasteiger charge is 2.21. The lowest BCUT2D eigenvalue weighted by Gasteiger charge is -2.14. The molecule has 0 bridgehead atoms. The Balaban J connectivity index is 2.31. The molecule has 21 heavy (non-hydrogen) atoms. The van der Waals surface area contributed by atoms with Crippen molar-refractivity contribution < 1.29 is 8.42 Å². The van der Waals surface area contributed by atoms with Gasteiger partial charge in [-0.25, -0.2) is 8.42 Å². The third-order valence-electron chi connectivity index (χ3n) is 2.87. The van der Waals surface area contributed by atoms with Crippen LogP contribution >= 0.6 is 15.9 Å². The van der Waals surface area contributed by atoms with Crippen molar-refractivity contribution >= 4 is 37.5 Å². The van der Waals surface area contributed by atoms with E-state index in [2.05, 4.69) is 30.8 Å². The fourth-order valence-electron chi connectivity index (χ4n) is 1.69. The number of hydrogen-bond donors (Lipinski definition) is 3. The molecule has 0 spiro atoms. The summed E-state index contributed by atoms with van der Waals surface area (Å²) in [5.74, 6) is 0.253. The highest BCUT2D eigenvalue weighted by molar-refractivity contribution is 9.10. The number of halogens is 1. The van der Waals surface area contributed by atoms with Crippen LogP contribution in [0.1, 0.15) is 26.5 Å².